The average Bonchev–Trinajstić information content (AvgIpc) is 3.25. The summed E-state index contributed by atoms with van der Waals surface area (Å²) in [4.78, 5) is 21.5. The summed E-state index contributed by atoms with van der Waals surface area (Å²) in [6.07, 6.45) is 0.261. The molecular weight excluding hydrogens is 427 g/mol. The van der Waals surface area contributed by atoms with Gasteiger partial charge in [-0.05, 0) is 6.07 Å². The standard InChI is InChI=1S/C23H17FN6O3/c1-32-14-11-16(24)19(25-12-14)22-29-30-23(33-22)28-20-21(31)26-17-10-6-5-9-15(17)18(27-20)13-7-3-2-4-8-13/h2-12,20H,1H3,(H,26,31)(H,28,30)/t20-/m1/s1. The number of hydrogen-bond donors (Lipinski definition) is 2. The Bertz CT molecular complexity index is 1360. The third-order valence-electron chi connectivity index (χ3n) is 4.93. The predicted octanol–water partition coefficient (Wildman–Crippen LogP) is 3.51. The maximum atomic E-state index is 14.3. The number of pyridine rings is 1. The number of hydrogen-bond acceptors (Lipinski definition) is 8. The number of methoxy groups -OCH3 is 1. The van der Waals surface area contributed by atoms with E-state index in [9.17, 15) is 9.18 Å². The van der Waals surface area contributed by atoms with Crippen molar-refractivity contribution in [2.45, 2.75) is 6.17 Å². The number of ether oxygens (including phenoxy) is 1. The van der Waals surface area contributed by atoms with Crippen molar-refractivity contribution < 1.29 is 18.3 Å². The molecule has 0 unspecified atom stereocenters. The van der Waals surface area contributed by atoms with Crippen LogP contribution >= 0.6 is 0 Å². The number of carbonyl (C=O) groups is 1. The highest BCUT2D eigenvalue weighted by Crippen LogP contribution is 2.26. The van der Waals surface area contributed by atoms with Crippen LogP contribution < -0.4 is 15.4 Å². The summed E-state index contributed by atoms with van der Waals surface area (Å²) in [5.74, 6) is -0.993. The number of aromatic nitrogens is 3. The number of benzodiazepines with no additional fused rings is 1. The predicted molar refractivity (Wildman–Crippen MR) is 119 cm³/mol. The molecule has 0 spiro atoms. The molecule has 164 valence electrons. The van der Waals surface area contributed by atoms with Crippen LogP contribution in [0.4, 0.5) is 16.1 Å². The first-order valence-corrected chi connectivity index (χ1v) is 9.96. The number of para-hydroxylation sites is 1. The number of carbonyl (C=O) groups excluding carboxylic acids is 1. The van der Waals surface area contributed by atoms with E-state index in [1.165, 1.54) is 13.3 Å². The monoisotopic (exact) mass is 444 g/mol. The number of benzene rings is 2. The van der Waals surface area contributed by atoms with Gasteiger partial charge in [-0.25, -0.2) is 14.4 Å². The van der Waals surface area contributed by atoms with E-state index in [2.05, 4.69) is 30.8 Å². The molecule has 0 fully saturated rings. The SMILES string of the molecule is COc1cnc(-c2nnc(N[C@H]3N=C(c4ccccc4)c4ccccc4NC3=O)o2)c(F)c1. The molecule has 0 radical (unpaired) electrons. The van der Waals surface area contributed by atoms with Crippen LogP contribution in [0.5, 0.6) is 5.75 Å². The van der Waals surface area contributed by atoms with Gasteiger partial charge in [0.25, 0.3) is 11.8 Å². The molecule has 0 saturated carbocycles. The van der Waals surface area contributed by atoms with Crippen LogP contribution in [0.2, 0.25) is 0 Å². The van der Waals surface area contributed by atoms with Gasteiger partial charge in [-0.2, -0.15) is 0 Å². The van der Waals surface area contributed by atoms with Gasteiger partial charge < -0.3 is 19.8 Å². The fourth-order valence-corrected chi connectivity index (χ4v) is 3.36. The molecular formula is C23H17FN6O3. The third-order valence-corrected chi connectivity index (χ3v) is 4.93. The van der Waals surface area contributed by atoms with E-state index in [1.54, 1.807) is 6.07 Å². The van der Waals surface area contributed by atoms with Crippen molar-refractivity contribution in [3.8, 4) is 17.3 Å². The number of anilines is 2. The molecule has 10 heteroatoms. The van der Waals surface area contributed by atoms with Crippen molar-refractivity contribution in [2.75, 3.05) is 17.7 Å². The van der Waals surface area contributed by atoms with Crippen LogP contribution in [0.1, 0.15) is 11.1 Å². The molecule has 2 aromatic heterocycles. The second-order valence-corrected chi connectivity index (χ2v) is 7.04. The summed E-state index contributed by atoms with van der Waals surface area (Å²) < 4.78 is 24.8. The van der Waals surface area contributed by atoms with Gasteiger partial charge in [0.1, 0.15) is 5.75 Å². The summed E-state index contributed by atoms with van der Waals surface area (Å²) in [7, 11) is 1.41. The van der Waals surface area contributed by atoms with Crippen LogP contribution in [0.25, 0.3) is 11.6 Å². The molecule has 1 amide bonds. The fourth-order valence-electron chi connectivity index (χ4n) is 3.36. The highest BCUT2D eigenvalue weighted by Gasteiger charge is 2.27. The Morgan fingerprint density at radius 1 is 1.09 bits per heavy atom. The van der Waals surface area contributed by atoms with Gasteiger partial charge in [-0.1, -0.05) is 53.6 Å². The van der Waals surface area contributed by atoms with Crippen molar-refractivity contribution >= 4 is 23.3 Å². The minimum absolute atomic E-state index is 0.107. The lowest BCUT2D eigenvalue weighted by Crippen LogP contribution is -2.32. The van der Waals surface area contributed by atoms with E-state index in [-0.39, 0.29) is 23.3 Å². The zero-order chi connectivity index (χ0) is 22.8. The van der Waals surface area contributed by atoms with Gasteiger partial charge in [-0.3, -0.25) is 4.79 Å². The molecule has 1 aliphatic heterocycles. The van der Waals surface area contributed by atoms with Gasteiger partial charge in [0.2, 0.25) is 6.17 Å². The molecule has 33 heavy (non-hydrogen) atoms. The zero-order valence-corrected chi connectivity index (χ0v) is 17.3. The van der Waals surface area contributed by atoms with Gasteiger partial charge >= 0.3 is 6.01 Å². The number of fused-ring (bicyclic) bond motifs is 1. The minimum Gasteiger partial charge on any atom is -0.495 e. The Morgan fingerprint density at radius 3 is 2.67 bits per heavy atom. The lowest BCUT2D eigenvalue weighted by Gasteiger charge is -2.11. The van der Waals surface area contributed by atoms with Crippen LogP contribution in [0, 0.1) is 5.82 Å². The summed E-state index contributed by atoms with van der Waals surface area (Å²) in [6.45, 7) is 0. The van der Waals surface area contributed by atoms with Crippen molar-refractivity contribution in [3.05, 3.63) is 83.8 Å². The van der Waals surface area contributed by atoms with Crippen molar-refractivity contribution in [3.63, 3.8) is 0 Å². The lowest BCUT2D eigenvalue weighted by atomic mass is 10.0. The van der Waals surface area contributed by atoms with E-state index >= 15 is 0 Å². The Labute approximate surface area is 187 Å². The molecule has 2 N–H and O–H groups in total. The summed E-state index contributed by atoms with van der Waals surface area (Å²) >= 11 is 0. The summed E-state index contributed by atoms with van der Waals surface area (Å²) in [6, 6.07) is 17.9. The van der Waals surface area contributed by atoms with E-state index in [0.29, 0.717) is 11.4 Å². The molecule has 0 aliphatic carbocycles. The van der Waals surface area contributed by atoms with Crippen molar-refractivity contribution in [2.24, 2.45) is 4.99 Å². The fraction of sp³-hybridized carbons (Fsp3) is 0.0870. The third kappa shape index (κ3) is 4.01. The normalized spacial score (nSPS) is 15.2. The second kappa shape index (κ2) is 8.50. The van der Waals surface area contributed by atoms with Gasteiger partial charge in [0, 0.05) is 17.2 Å². The van der Waals surface area contributed by atoms with E-state index < -0.39 is 17.9 Å². The van der Waals surface area contributed by atoms with Gasteiger partial charge in [0.15, 0.2) is 11.5 Å². The first kappa shape index (κ1) is 20.3. The lowest BCUT2D eigenvalue weighted by molar-refractivity contribution is -0.116. The number of amides is 1. The van der Waals surface area contributed by atoms with Crippen LogP contribution in [0.3, 0.4) is 0 Å². The first-order valence-electron chi connectivity index (χ1n) is 9.96. The van der Waals surface area contributed by atoms with Gasteiger partial charge in [0.05, 0.1) is 24.7 Å². The molecule has 4 aromatic rings. The Balaban J connectivity index is 1.48. The quantitative estimate of drug-likeness (QED) is 0.484. The molecule has 1 atom stereocenters. The van der Waals surface area contributed by atoms with E-state index in [1.807, 2.05) is 48.5 Å². The minimum atomic E-state index is -1.07. The van der Waals surface area contributed by atoms with E-state index in [0.717, 1.165) is 17.2 Å². The molecule has 0 saturated heterocycles. The highest BCUT2D eigenvalue weighted by molar-refractivity contribution is 6.19. The van der Waals surface area contributed by atoms with Crippen LogP contribution in [0.15, 0.2) is 76.3 Å². The van der Waals surface area contributed by atoms with Crippen LogP contribution in [-0.2, 0) is 4.79 Å². The number of aliphatic imine (C=N–C) groups is 1. The van der Waals surface area contributed by atoms with E-state index in [4.69, 9.17) is 9.15 Å². The summed E-state index contributed by atoms with van der Waals surface area (Å²) in [5.41, 5.74) is 2.72. The molecule has 9 nitrogen and oxygen atoms in total. The van der Waals surface area contributed by atoms with Crippen LogP contribution in [-0.4, -0.2) is 40.1 Å². The number of rotatable bonds is 5. The molecule has 3 heterocycles. The number of nitrogens with one attached hydrogen (secondary N) is 2. The molecule has 5 rings (SSSR count). The Morgan fingerprint density at radius 2 is 1.88 bits per heavy atom. The molecule has 0 bridgehead atoms. The number of nitrogens with zero attached hydrogens (tertiary/aromatic N) is 4. The first-order chi connectivity index (χ1) is 16.1. The van der Waals surface area contributed by atoms with Crippen molar-refractivity contribution in [1.82, 2.24) is 15.2 Å². The summed E-state index contributed by atoms with van der Waals surface area (Å²) in [5, 5.41) is 13.4. The second-order valence-electron chi connectivity index (χ2n) is 7.04. The average molecular weight is 444 g/mol. The van der Waals surface area contributed by atoms with Gasteiger partial charge in [-0.15, -0.1) is 5.10 Å². The smallest absolute Gasteiger partial charge is 0.317 e. The van der Waals surface area contributed by atoms with Crippen molar-refractivity contribution in [1.29, 1.82) is 0 Å². The highest BCUT2D eigenvalue weighted by atomic mass is 19.1. The molecule has 1 aliphatic rings. The zero-order valence-electron chi connectivity index (χ0n) is 17.3. The Hall–Kier alpha value is -4.60. The maximum Gasteiger partial charge on any atom is 0.317 e. The topological polar surface area (TPSA) is 115 Å². The number of halogens is 1. The maximum absolute atomic E-state index is 14.3. The Kier molecular flexibility index (Phi) is 5.23. The molecule has 2 aromatic carbocycles. The largest absolute Gasteiger partial charge is 0.495 e.